The summed E-state index contributed by atoms with van der Waals surface area (Å²) >= 11 is 0. The van der Waals surface area contributed by atoms with Crippen molar-refractivity contribution in [2.24, 2.45) is 0 Å². The lowest BCUT2D eigenvalue weighted by atomic mass is 10.1. The Bertz CT molecular complexity index is 787. The summed E-state index contributed by atoms with van der Waals surface area (Å²) in [5.74, 6) is -0.0814. The van der Waals surface area contributed by atoms with Gasteiger partial charge >= 0.3 is 0 Å². The predicted molar refractivity (Wildman–Crippen MR) is 101 cm³/mol. The number of amides is 1. The first-order valence-corrected chi connectivity index (χ1v) is 10.1. The van der Waals surface area contributed by atoms with Crippen LogP contribution in [0.2, 0.25) is 0 Å². The number of hydrogen-bond acceptors (Lipinski definition) is 3. The fourth-order valence-electron chi connectivity index (χ4n) is 2.46. The topological polar surface area (TPSA) is 66.5 Å². The summed E-state index contributed by atoms with van der Waals surface area (Å²) in [5.41, 5.74) is 2.84. The SMILES string of the molecule is Cc1ccc(CNC(=O)CCCN(c2ccccc2)S(C)(=O)=O)cc1. The van der Waals surface area contributed by atoms with Gasteiger partial charge in [-0.3, -0.25) is 9.10 Å². The molecule has 134 valence electrons. The van der Waals surface area contributed by atoms with E-state index in [2.05, 4.69) is 5.32 Å². The summed E-state index contributed by atoms with van der Waals surface area (Å²) in [6.45, 7) is 2.77. The molecule has 0 heterocycles. The number of carbonyl (C=O) groups excluding carboxylic acids is 1. The Morgan fingerprint density at radius 1 is 1.04 bits per heavy atom. The van der Waals surface area contributed by atoms with Gasteiger partial charge < -0.3 is 5.32 Å². The van der Waals surface area contributed by atoms with Crippen LogP contribution in [0.25, 0.3) is 0 Å². The molecule has 0 saturated heterocycles. The monoisotopic (exact) mass is 360 g/mol. The van der Waals surface area contributed by atoms with E-state index < -0.39 is 10.0 Å². The van der Waals surface area contributed by atoms with Gasteiger partial charge in [0.15, 0.2) is 0 Å². The molecule has 0 atom stereocenters. The molecule has 0 radical (unpaired) electrons. The highest BCUT2D eigenvalue weighted by Crippen LogP contribution is 2.17. The van der Waals surface area contributed by atoms with Gasteiger partial charge in [0, 0.05) is 19.5 Å². The maximum Gasteiger partial charge on any atom is 0.232 e. The molecule has 0 aliphatic carbocycles. The molecule has 0 aliphatic heterocycles. The van der Waals surface area contributed by atoms with Crippen LogP contribution in [0.1, 0.15) is 24.0 Å². The minimum absolute atomic E-state index is 0.0814. The van der Waals surface area contributed by atoms with Crippen molar-refractivity contribution in [2.75, 3.05) is 17.1 Å². The minimum atomic E-state index is -3.37. The average molecular weight is 360 g/mol. The molecule has 5 nitrogen and oxygen atoms in total. The lowest BCUT2D eigenvalue weighted by molar-refractivity contribution is -0.121. The normalized spacial score (nSPS) is 11.1. The van der Waals surface area contributed by atoms with Gasteiger partial charge in [-0.05, 0) is 31.0 Å². The molecular weight excluding hydrogens is 336 g/mol. The lowest BCUT2D eigenvalue weighted by Crippen LogP contribution is -2.32. The summed E-state index contributed by atoms with van der Waals surface area (Å²) in [5, 5.41) is 2.86. The Hall–Kier alpha value is -2.34. The van der Waals surface area contributed by atoms with E-state index in [1.54, 1.807) is 24.3 Å². The van der Waals surface area contributed by atoms with E-state index in [4.69, 9.17) is 0 Å². The molecule has 0 unspecified atom stereocenters. The van der Waals surface area contributed by atoms with Gasteiger partial charge in [0.1, 0.15) is 0 Å². The number of para-hydroxylation sites is 1. The molecule has 1 amide bonds. The lowest BCUT2D eigenvalue weighted by Gasteiger charge is -2.22. The van der Waals surface area contributed by atoms with Crippen LogP contribution < -0.4 is 9.62 Å². The van der Waals surface area contributed by atoms with Gasteiger partial charge in [0.25, 0.3) is 0 Å². The van der Waals surface area contributed by atoms with Gasteiger partial charge in [0.05, 0.1) is 11.9 Å². The summed E-state index contributed by atoms with van der Waals surface area (Å²) in [6.07, 6.45) is 1.92. The second kappa shape index (κ2) is 8.67. The van der Waals surface area contributed by atoms with Gasteiger partial charge in [-0.1, -0.05) is 48.0 Å². The molecule has 25 heavy (non-hydrogen) atoms. The third-order valence-corrected chi connectivity index (χ3v) is 5.01. The maximum atomic E-state index is 12.0. The first-order chi connectivity index (χ1) is 11.9. The molecule has 1 N–H and O–H groups in total. The van der Waals surface area contributed by atoms with Gasteiger partial charge in [-0.25, -0.2) is 8.42 Å². The van der Waals surface area contributed by atoms with Crippen molar-refractivity contribution < 1.29 is 13.2 Å². The minimum Gasteiger partial charge on any atom is -0.352 e. The van der Waals surface area contributed by atoms with Crippen molar-refractivity contribution in [3.8, 4) is 0 Å². The van der Waals surface area contributed by atoms with Crippen LogP contribution in [0.3, 0.4) is 0 Å². The van der Waals surface area contributed by atoms with Crippen molar-refractivity contribution in [1.82, 2.24) is 5.32 Å². The standard InChI is InChI=1S/C19H24N2O3S/c1-16-10-12-17(13-11-16)15-20-19(22)9-6-14-21(25(2,23)24)18-7-4-3-5-8-18/h3-5,7-8,10-13H,6,9,14-15H2,1-2H3,(H,20,22). The van der Waals surface area contributed by atoms with Crippen LogP contribution in [0, 0.1) is 6.92 Å². The molecule has 0 saturated carbocycles. The van der Waals surface area contributed by atoms with Crippen LogP contribution in [0.4, 0.5) is 5.69 Å². The zero-order chi connectivity index (χ0) is 18.3. The molecule has 6 heteroatoms. The molecule has 0 fully saturated rings. The van der Waals surface area contributed by atoms with Crippen molar-refractivity contribution >= 4 is 21.6 Å². The number of sulfonamides is 1. The molecule has 0 aromatic heterocycles. The Labute approximate surface area is 149 Å². The van der Waals surface area contributed by atoms with E-state index in [1.807, 2.05) is 37.3 Å². The van der Waals surface area contributed by atoms with Crippen molar-refractivity contribution in [1.29, 1.82) is 0 Å². The molecule has 0 spiro atoms. The number of rotatable bonds is 8. The highest BCUT2D eigenvalue weighted by Gasteiger charge is 2.17. The quantitative estimate of drug-likeness (QED) is 0.787. The van der Waals surface area contributed by atoms with Crippen LogP contribution in [-0.4, -0.2) is 27.1 Å². The number of nitrogens with one attached hydrogen (secondary N) is 1. The van der Waals surface area contributed by atoms with Crippen molar-refractivity contribution in [3.05, 3.63) is 65.7 Å². The number of benzene rings is 2. The van der Waals surface area contributed by atoms with Crippen LogP contribution in [0.5, 0.6) is 0 Å². The Kier molecular flexibility index (Phi) is 6.58. The van der Waals surface area contributed by atoms with E-state index >= 15 is 0 Å². The molecule has 0 aliphatic rings. The van der Waals surface area contributed by atoms with E-state index in [0.29, 0.717) is 18.7 Å². The first kappa shape index (κ1) is 19.0. The third-order valence-electron chi connectivity index (χ3n) is 3.82. The highest BCUT2D eigenvalue weighted by molar-refractivity contribution is 7.92. The van der Waals surface area contributed by atoms with Gasteiger partial charge in [-0.15, -0.1) is 0 Å². The fraction of sp³-hybridized carbons (Fsp3) is 0.316. The second-order valence-corrected chi connectivity index (χ2v) is 7.94. The van der Waals surface area contributed by atoms with Gasteiger partial charge in [0.2, 0.25) is 15.9 Å². The summed E-state index contributed by atoms with van der Waals surface area (Å²) in [4.78, 5) is 12.0. The number of hydrogen-bond donors (Lipinski definition) is 1. The Balaban J connectivity index is 1.83. The van der Waals surface area contributed by atoms with Crippen molar-refractivity contribution in [2.45, 2.75) is 26.3 Å². The largest absolute Gasteiger partial charge is 0.352 e. The maximum absolute atomic E-state index is 12.0. The van der Waals surface area contributed by atoms with Crippen LogP contribution in [-0.2, 0) is 21.4 Å². The molecule has 2 aromatic rings. The molecule has 2 aromatic carbocycles. The third kappa shape index (κ3) is 6.23. The van der Waals surface area contributed by atoms with Crippen LogP contribution >= 0.6 is 0 Å². The van der Waals surface area contributed by atoms with E-state index in [0.717, 1.165) is 5.56 Å². The first-order valence-electron chi connectivity index (χ1n) is 8.21. The second-order valence-electron chi connectivity index (χ2n) is 6.04. The van der Waals surface area contributed by atoms with Crippen molar-refractivity contribution in [3.63, 3.8) is 0 Å². The summed E-state index contributed by atoms with van der Waals surface area (Å²) < 4.78 is 25.3. The zero-order valence-corrected chi connectivity index (χ0v) is 15.4. The molecule has 0 bridgehead atoms. The van der Waals surface area contributed by atoms with Crippen LogP contribution in [0.15, 0.2) is 54.6 Å². The predicted octanol–water partition coefficient (Wildman–Crippen LogP) is 2.86. The van der Waals surface area contributed by atoms with Gasteiger partial charge in [-0.2, -0.15) is 0 Å². The Morgan fingerprint density at radius 2 is 1.68 bits per heavy atom. The number of aryl methyl sites for hydroxylation is 1. The average Bonchev–Trinajstić information content (AvgIpc) is 2.58. The molecular formula is C19H24N2O3S. The number of carbonyl (C=O) groups is 1. The number of anilines is 1. The summed E-state index contributed by atoms with van der Waals surface area (Å²) in [6, 6.07) is 16.9. The summed E-state index contributed by atoms with van der Waals surface area (Å²) in [7, 11) is -3.37. The smallest absolute Gasteiger partial charge is 0.232 e. The van der Waals surface area contributed by atoms with E-state index in [-0.39, 0.29) is 18.9 Å². The highest BCUT2D eigenvalue weighted by atomic mass is 32.2. The fourth-order valence-corrected chi connectivity index (χ4v) is 3.42. The van der Waals surface area contributed by atoms with E-state index in [1.165, 1.54) is 16.1 Å². The van der Waals surface area contributed by atoms with E-state index in [9.17, 15) is 13.2 Å². The molecule has 2 rings (SSSR count). The zero-order valence-electron chi connectivity index (χ0n) is 14.6. The Morgan fingerprint density at radius 3 is 2.28 bits per heavy atom. The number of nitrogens with zero attached hydrogens (tertiary/aromatic N) is 1.